The SMILES string of the molecule is CC[C@H](C(=O)N1CCCN(CCCc2ccccc2)CC1)n1cccn1. The highest BCUT2D eigenvalue weighted by atomic mass is 16.2. The number of aromatic nitrogens is 2. The molecule has 1 fully saturated rings. The summed E-state index contributed by atoms with van der Waals surface area (Å²) in [5, 5.41) is 4.27. The second kappa shape index (κ2) is 9.53. The molecule has 1 atom stereocenters. The molecule has 26 heavy (non-hydrogen) atoms. The lowest BCUT2D eigenvalue weighted by atomic mass is 10.1. The number of hydrogen-bond acceptors (Lipinski definition) is 3. The normalized spacial score (nSPS) is 17.0. The number of aryl methyl sites for hydroxylation is 1. The minimum absolute atomic E-state index is 0.172. The first kappa shape index (κ1) is 18.6. The van der Waals surface area contributed by atoms with Gasteiger partial charge in [0.15, 0.2) is 0 Å². The van der Waals surface area contributed by atoms with E-state index in [1.54, 1.807) is 10.9 Å². The molecule has 1 aromatic heterocycles. The second-order valence-corrected chi connectivity index (χ2v) is 7.02. The molecule has 0 radical (unpaired) electrons. The van der Waals surface area contributed by atoms with E-state index in [9.17, 15) is 4.79 Å². The Kier molecular flexibility index (Phi) is 6.83. The summed E-state index contributed by atoms with van der Waals surface area (Å²) < 4.78 is 1.80. The van der Waals surface area contributed by atoms with Crippen molar-refractivity contribution >= 4 is 5.91 Å². The molecule has 0 unspecified atom stereocenters. The Balaban J connectivity index is 1.47. The summed E-state index contributed by atoms with van der Waals surface area (Å²) in [5.41, 5.74) is 1.41. The van der Waals surface area contributed by atoms with Crippen molar-refractivity contribution in [3.05, 3.63) is 54.4 Å². The highest BCUT2D eigenvalue weighted by Crippen LogP contribution is 2.16. The van der Waals surface area contributed by atoms with Crippen molar-refractivity contribution < 1.29 is 4.79 Å². The largest absolute Gasteiger partial charge is 0.340 e. The van der Waals surface area contributed by atoms with Gasteiger partial charge in [-0.15, -0.1) is 0 Å². The third-order valence-electron chi connectivity index (χ3n) is 5.20. The molecule has 1 aromatic carbocycles. The van der Waals surface area contributed by atoms with Crippen LogP contribution in [0.15, 0.2) is 48.8 Å². The Morgan fingerprint density at radius 3 is 2.69 bits per heavy atom. The lowest BCUT2D eigenvalue weighted by Crippen LogP contribution is -2.40. The molecule has 0 saturated carbocycles. The summed E-state index contributed by atoms with van der Waals surface area (Å²) in [6.45, 7) is 6.88. The fourth-order valence-corrected chi connectivity index (χ4v) is 3.72. The molecule has 0 bridgehead atoms. The maximum Gasteiger partial charge on any atom is 0.247 e. The Morgan fingerprint density at radius 2 is 1.96 bits per heavy atom. The monoisotopic (exact) mass is 354 g/mol. The van der Waals surface area contributed by atoms with Crippen LogP contribution in [-0.2, 0) is 11.2 Å². The van der Waals surface area contributed by atoms with Gasteiger partial charge in [-0.05, 0) is 50.4 Å². The molecule has 1 aliphatic rings. The number of nitrogens with zero attached hydrogens (tertiary/aromatic N) is 4. The van der Waals surface area contributed by atoms with Gasteiger partial charge in [0.05, 0.1) is 0 Å². The zero-order valence-corrected chi connectivity index (χ0v) is 15.8. The zero-order valence-electron chi connectivity index (χ0n) is 15.8. The average molecular weight is 354 g/mol. The molecule has 1 saturated heterocycles. The summed E-state index contributed by atoms with van der Waals surface area (Å²) in [6.07, 6.45) is 7.75. The van der Waals surface area contributed by atoms with E-state index in [1.807, 2.05) is 17.2 Å². The van der Waals surface area contributed by atoms with E-state index in [2.05, 4.69) is 47.3 Å². The molecule has 3 rings (SSSR count). The van der Waals surface area contributed by atoms with Gasteiger partial charge < -0.3 is 9.80 Å². The maximum absolute atomic E-state index is 12.9. The van der Waals surface area contributed by atoms with Crippen LogP contribution in [0.3, 0.4) is 0 Å². The van der Waals surface area contributed by atoms with E-state index < -0.39 is 0 Å². The number of hydrogen-bond donors (Lipinski definition) is 0. The van der Waals surface area contributed by atoms with Gasteiger partial charge in [-0.25, -0.2) is 0 Å². The van der Waals surface area contributed by atoms with Gasteiger partial charge in [-0.2, -0.15) is 5.10 Å². The van der Waals surface area contributed by atoms with Crippen LogP contribution in [0.1, 0.15) is 37.8 Å². The zero-order chi connectivity index (χ0) is 18.2. The predicted octanol–water partition coefficient (Wildman–Crippen LogP) is 3.00. The maximum atomic E-state index is 12.9. The minimum Gasteiger partial charge on any atom is -0.340 e. The van der Waals surface area contributed by atoms with Crippen molar-refractivity contribution in [3.63, 3.8) is 0 Å². The lowest BCUT2D eigenvalue weighted by Gasteiger charge is -2.26. The van der Waals surface area contributed by atoms with Gasteiger partial charge in [0.1, 0.15) is 6.04 Å². The number of carbonyl (C=O) groups is 1. The van der Waals surface area contributed by atoms with Crippen molar-refractivity contribution in [3.8, 4) is 0 Å². The van der Waals surface area contributed by atoms with Gasteiger partial charge in [-0.1, -0.05) is 37.3 Å². The van der Waals surface area contributed by atoms with E-state index in [4.69, 9.17) is 0 Å². The predicted molar refractivity (Wildman–Crippen MR) is 104 cm³/mol. The summed E-state index contributed by atoms with van der Waals surface area (Å²) >= 11 is 0. The van der Waals surface area contributed by atoms with Gasteiger partial charge in [-0.3, -0.25) is 9.48 Å². The molecule has 1 amide bonds. The van der Waals surface area contributed by atoms with Crippen LogP contribution < -0.4 is 0 Å². The summed E-state index contributed by atoms with van der Waals surface area (Å²) in [5.74, 6) is 0.210. The molecule has 2 aromatic rings. The summed E-state index contributed by atoms with van der Waals surface area (Å²) in [7, 11) is 0. The first-order valence-corrected chi connectivity index (χ1v) is 9.82. The second-order valence-electron chi connectivity index (χ2n) is 7.02. The molecule has 140 valence electrons. The molecule has 5 nitrogen and oxygen atoms in total. The molecule has 1 aliphatic heterocycles. The quantitative estimate of drug-likeness (QED) is 0.767. The van der Waals surface area contributed by atoms with Gasteiger partial charge in [0, 0.05) is 32.0 Å². The van der Waals surface area contributed by atoms with Crippen LogP contribution in [0.5, 0.6) is 0 Å². The van der Waals surface area contributed by atoms with E-state index in [-0.39, 0.29) is 11.9 Å². The van der Waals surface area contributed by atoms with Crippen molar-refractivity contribution in [1.29, 1.82) is 0 Å². The molecular formula is C21H30N4O. The highest BCUT2D eigenvalue weighted by molar-refractivity contribution is 5.80. The first-order chi connectivity index (χ1) is 12.8. The van der Waals surface area contributed by atoms with Crippen LogP contribution in [0, 0.1) is 0 Å². The Bertz CT molecular complexity index is 656. The van der Waals surface area contributed by atoms with Crippen molar-refractivity contribution in [2.24, 2.45) is 0 Å². The minimum atomic E-state index is -0.172. The van der Waals surface area contributed by atoms with E-state index in [0.717, 1.165) is 52.0 Å². The smallest absolute Gasteiger partial charge is 0.247 e. The molecular weight excluding hydrogens is 324 g/mol. The molecule has 0 aliphatic carbocycles. The highest BCUT2D eigenvalue weighted by Gasteiger charge is 2.26. The van der Waals surface area contributed by atoms with Crippen LogP contribution in [0.4, 0.5) is 0 Å². The molecule has 0 spiro atoms. The summed E-state index contributed by atoms with van der Waals surface area (Å²) in [6, 6.07) is 12.4. The molecule has 5 heteroatoms. The van der Waals surface area contributed by atoms with Crippen LogP contribution >= 0.6 is 0 Å². The molecule has 2 heterocycles. The number of rotatable bonds is 7. The Labute approximate surface area is 156 Å². The fraction of sp³-hybridized carbons (Fsp3) is 0.524. The molecule has 0 N–H and O–H groups in total. The van der Waals surface area contributed by atoms with Gasteiger partial charge in [0.2, 0.25) is 5.91 Å². The van der Waals surface area contributed by atoms with Crippen LogP contribution in [0.2, 0.25) is 0 Å². The van der Waals surface area contributed by atoms with Crippen molar-refractivity contribution in [1.82, 2.24) is 19.6 Å². The first-order valence-electron chi connectivity index (χ1n) is 9.82. The van der Waals surface area contributed by atoms with Crippen LogP contribution in [-0.4, -0.2) is 58.2 Å². The van der Waals surface area contributed by atoms with Crippen molar-refractivity contribution in [2.45, 2.75) is 38.6 Å². The standard InChI is InChI=1S/C21H30N4O/c1-2-20(25-16-7-12-22-25)21(26)24-15-8-14-23(17-18-24)13-6-11-19-9-4-3-5-10-19/h3-5,7,9-10,12,16,20H,2,6,8,11,13-15,17-18H2,1H3/t20-/m1/s1. The van der Waals surface area contributed by atoms with E-state index in [1.165, 1.54) is 12.0 Å². The summed E-state index contributed by atoms with van der Waals surface area (Å²) in [4.78, 5) is 17.5. The van der Waals surface area contributed by atoms with Crippen LogP contribution in [0.25, 0.3) is 0 Å². The Morgan fingerprint density at radius 1 is 1.12 bits per heavy atom. The Hall–Kier alpha value is -2.14. The topological polar surface area (TPSA) is 41.4 Å². The van der Waals surface area contributed by atoms with Gasteiger partial charge >= 0.3 is 0 Å². The lowest BCUT2D eigenvalue weighted by molar-refractivity contribution is -0.135. The average Bonchev–Trinajstić information content (AvgIpc) is 3.09. The fourth-order valence-electron chi connectivity index (χ4n) is 3.72. The van der Waals surface area contributed by atoms with Crippen molar-refractivity contribution in [2.75, 3.05) is 32.7 Å². The third kappa shape index (κ3) is 4.94. The third-order valence-corrected chi connectivity index (χ3v) is 5.20. The van der Waals surface area contributed by atoms with E-state index >= 15 is 0 Å². The number of amides is 1. The van der Waals surface area contributed by atoms with E-state index in [0.29, 0.717) is 0 Å². The number of benzene rings is 1. The van der Waals surface area contributed by atoms with Gasteiger partial charge in [0.25, 0.3) is 0 Å². The number of carbonyl (C=O) groups excluding carboxylic acids is 1.